The lowest BCUT2D eigenvalue weighted by atomic mass is 9.97. The molecule has 1 aromatic heterocycles. The molecule has 13 N–H and O–H groups in total. The summed E-state index contributed by atoms with van der Waals surface area (Å²) in [4.78, 5) is 76.3. The van der Waals surface area contributed by atoms with Crippen LogP contribution in [-0.2, 0) is 43.2 Å². The van der Waals surface area contributed by atoms with Gasteiger partial charge < -0.3 is 49.2 Å². The summed E-state index contributed by atoms with van der Waals surface area (Å²) in [7, 11) is 0. The predicted octanol–water partition coefficient (Wildman–Crippen LogP) is 2.20. The molecule has 0 saturated carbocycles. The van der Waals surface area contributed by atoms with Gasteiger partial charge in [0, 0.05) is 42.9 Å². The van der Waals surface area contributed by atoms with Crippen molar-refractivity contribution in [2.45, 2.75) is 82.6 Å². The molecule has 316 valence electrons. The number of para-hydroxylation sites is 1. The average Bonchev–Trinajstić information content (AvgIpc) is 3.63. The molecule has 60 heavy (non-hydrogen) atoms. The van der Waals surface area contributed by atoms with Crippen LogP contribution in [0.4, 0.5) is 0 Å². The molecule has 5 rings (SSSR count). The molecular formula is C45H56N10O5. The third kappa shape index (κ3) is 12.6. The van der Waals surface area contributed by atoms with Crippen LogP contribution in [0.2, 0.25) is 0 Å². The lowest BCUT2D eigenvalue weighted by Crippen LogP contribution is -2.59. The minimum absolute atomic E-state index is 0.0256. The Morgan fingerprint density at radius 2 is 1.17 bits per heavy atom. The highest BCUT2D eigenvalue weighted by atomic mass is 16.2. The number of H-pyrrole nitrogens is 1. The molecule has 4 aromatic carbocycles. The van der Waals surface area contributed by atoms with Crippen molar-refractivity contribution in [2.24, 2.45) is 33.8 Å². The number of amides is 5. The van der Waals surface area contributed by atoms with Crippen molar-refractivity contribution in [2.75, 3.05) is 6.54 Å². The first-order valence-electron chi connectivity index (χ1n) is 20.2. The molecule has 0 aliphatic carbocycles. The van der Waals surface area contributed by atoms with Crippen molar-refractivity contribution < 1.29 is 24.0 Å². The monoisotopic (exact) mass is 816 g/mol. The number of rotatable bonds is 21. The largest absolute Gasteiger partial charge is 0.370 e. The van der Waals surface area contributed by atoms with Crippen molar-refractivity contribution in [3.05, 3.63) is 120 Å². The number of hydrogen-bond donors (Lipinski definition) is 9. The Labute approximate surface area is 349 Å². The molecule has 1 heterocycles. The van der Waals surface area contributed by atoms with E-state index in [1.54, 1.807) is 18.3 Å². The van der Waals surface area contributed by atoms with Crippen molar-refractivity contribution in [3.8, 4) is 0 Å². The second-order valence-corrected chi connectivity index (χ2v) is 15.4. The fraction of sp³-hybridized carbons (Fsp3) is 0.333. The van der Waals surface area contributed by atoms with E-state index in [-0.39, 0.29) is 44.1 Å². The molecular weight excluding hydrogens is 761 g/mol. The lowest BCUT2D eigenvalue weighted by molar-refractivity contribution is -0.134. The van der Waals surface area contributed by atoms with Gasteiger partial charge in [-0.05, 0) is 58.7 Å². The van der Waals surface area contributed by atoms with Gasteiger partial charge in [-0.3, -0.25) is 29.0 Å². The number of carbonyl (C=O) groups is 5. The smallest absolute Gasteiger partial charge is 0.243 e. The molecule has 0 saturated heterocycles. The Morgan fingerprint density at radius 1 is 0.617 bits per heavy atom. The van der Waals surface area contributed by atoms with Crippen molar-refractivity contribution in [3.63, 3.8) is 0 Å². The van der Waals surface area contributed by atoms with Gasteiger partial charge in [-0.2, -0.15) is 0 Å². The van der Waals surface area contributed by atoms with E-state index in [0.717, 1.165) is 38.4 Å². The summed E-state index contributed by atoms with van der Waals surface area (Å²) in [5, 5.41) is 14.1. The topological polar surface area (TPSA) is 266 Å². The highest BCUT2D eigenvalue weighted by Crippen LogP contribution is 2.22. The molecule has 5 atom stereocenters. The van der Waals surface area contributed by atoms with E-state index in [0.29, 0.717) is 12.8 Å². The summed E-state index contributed by atoms with van der Waals surface area (Å²) in [6.07, 6.45) is 2.85. The van der Waals surface area contributed by atoms with Crippen LogP contribution in [0.3, 0.4) is 0 Å². The van der Waals surface area contributed by atoms with E-state index in [9.17, 15) is 24.0 Å². The van der Waals surface area contributed by atoms with Crippen LogP contribution in [0.25, 0.3) is 21.7 Å². The van der Waals surface area contributed by atoms with Crippen LogP contribution in [0.5, 0.6) is 0 Å². The number of hydrogen-bond acceptors (Lipinski definition) is 7. The quantitative estimate of drug-likeness (QED) is 0.0300. The van der Waals surface area contributed by atoms with Crippen molar-refractivity contribution in [1.82, 2.24) is 26.3 Å². The van der Waals surface area contributed by atoms with Crippen molar-refractivity contribution in [1.29, 1.82) is 0 Å². The van der Waals surface area contributed by atoms with Crippen LogP contribution in [0.1, 0.15) is 49.8 Å². The third-order valence-corrected chi connectivity index (χ3v) is 10.3. The number of aromatic nitrogens is 1. The van der Waals surface area contributed by atoms with Gasteiger partial charge in [0.05, 0.1) is 6.04 Å². The van der Waals surface area contributed by atoms with Crippen LogP contribution in [-0.4, -0.2) is 77.2 Å². The SMILES string of the molecule is CC(C)C[C@@H](N)C(=O)N[C@H](Cc1cccc2ccccc12)C(=O)N[C@H](Cc1c[nH]c2ccccc12)C(=O)N[C@@H](Cc1ccccc1)C(=O)N[C@@H](CCCN=C(N)N)C(N)=O. The zero-order valence-corrected chi connectivity index (χ0v) is 34.0. The van der Waals surface area contributed by atoms with Gasteiger partial charge in [0.25, 0.3) is 0 Å². The summed E-state index contributed by atoms with van der Waals surface area (Å²) in [5.41, 5.74) is 25.9. The fourth-order valence-electron chi connectivity index (χ4n) is 7.19. The zero-order valence-electron chi connectivity index (χ0n) is 34.0. The van der Waals surface area contributed by atoms with Gasteiger partial charge in [0.2, 0.25) is 29.5 Å². The summed E-state index contributed by atoms with van der Waals surface area (Å²) < 4.78 is 0. The van der Waals surface area contributed by atoms with Gasteiger partial charge in [-0.15, -0.1) is 0 Å². The Bertz CT molecular complexity index is 2280. The number of carbonyl (C=O) groups excluding carboxylic acids is 5. The highest BCUT2D eigenvalue weighted by molar-refractivity contribution is 5.97. The zero-order chi connectivity index (χ0) is 43.2. The van der Waals surface area contributed by atoms with Crippen molar-refractivity contribution >= 4 is 57.2 Å². The predicted molar refractivity (Wildman–Crippen MR) is 234 cm³/mol. The van der Waals surface area contributed by atoms with Gasteiger partial charge in [0.1, 0.15) is 24.2 Å². The second-order valence-electron chi connectivity index (χ2n) is 15.4. The first-order valence-corrected chi connectivity index (χ1v) is 20.2. The second kappa shape index (κ2) is 21.3. The number of aliphatic imine (C=N–C) groups is 1. The van der Waals surface area contributed by atoms with Crippen LogP contribution >= 0.6 is 0 Å². The van der Waals surface area contributed by atoms with Crippen LogP contribution in [0, 0.1) is 5.92 Å². The molecule has 15 heteroatoms. The standard InChI is InChI=1S/C45H56N10O5/c1-27(2)22-34(46)41(57)53-38(24-30-16-10-15-29-14-6-7-17-32(29)30)43(59)55-39(25-31-26-51-35-19-9-8-18-33(31)35)44(60)54-37(23-28-12-4-3-5-13-28)42(58)52-36(40(47)56)20-11-21-50-45(48)49/h3-10,12-19,26-27,34,36-39,51H,11,20-25,46H2,1-2H3,(H2,47,56)(H,52,58)(H,53,57)(H,54,60)(H,55,59)(H4,48,49,50)/t34-,36+,37+,38-,39-/m1/s1. The molecule has 0 aliphatic rings. The van der Waals surface area contributed by atoms with E-state index < -0.39 is 59.7 Å². The van der Waals surface area contributed by atoms with E-state index in [1.165, 1.54) is 0 Å². The summed E-state index contributed by atoms with van der Waals surface area (Å²) in [6.45, 7) is 4.12. The Morgan fingerprint density at radius 3 is 1.82 bits per heavy atom. The molecule has 0 spiro atoms. The van der Waals surface area contributed by atoms with Gasteiger partial charge in [0.15, 0.2) is 5.96 Å². The number of nitrogens with two attached hydrogens (primary N) is 4. The molecule has 15 nitrogen and oxygen atoms in total. The van der Waals surface area contributed by atoms with E-state index in [1.807, 2.05) is 98.8 Å². The highest BCUT2D eigenvalue weighted by Gasteiger charge is 2.33. The number of fused-ring (bicyclic) bond motifs is 2. The molecule has 0 fully saturated rings. The van der Waals surface area contributed by atoms with Gasteiger partial charge in [-0.25, -0.2) is 0 Å². The van der Waals surface area contributed by atoms with E-state index in [2.05, 4.69) is 31.2 Å². The fourth-order valence-corrected chi connectivity index (χ4v) is 7.19. The Balaban J connectivity index is 1.46. The molecule has 5 amide bonds. The average molecular weight is 817 g/mol. The number of aromatic amines is 1. The number of nitrogens with one attached hydrogen (secondary N) is 5. The number of benzene rings is 4. The minimum Gasteiger partial charge on any atom is -0.370 e. The number of guanidine groups is 1. The Kier molecular flexibility index (Phi) is 15.8. The maximum absolute atomic E-state index is 14.6. The van der Waals surface area contributed by atoms with Gasteiger partial charge >= 0.3 is 0 Å². The first-order chi connectivity index (χ1) is 28.8. The first kappa shape index (κ1) is 44.4. The van der Waals surface area contributed by atoms with Gasteiger partial charge in [-0.1, -0.05) is 105 Å². The maximum atomic E-state index is 14.6. The number of nitrogens with zero attached hydrogens (tertiary/aromatic N) is 1. The van der Waals surface area contributed by atoms with E-state index in [4.69, 9.17) is 22.9 Å². The molecule has 5 aromatic rings. The Hall–Kier alpha value is -6.74. The molecule has 0 aliphatic heterocycles. The molecule has 0 bridgehead atoms. The summed E-state index contributed by atoms with van der Waals surface area (Å²) in [6, 6.07) is 24.6. The molecule has 0 radical (unpaired) electrons. The summed E-state index contributed by atoms with van der Waals surface area (Å²) in [5.74, 6) is -3.18. The molecule has 0 unspecified atom stereocenters. The number of primary amides is 1. The minimum atomic E-state index is -1.23. The normalized spacial score (nSPS) is 13.7. The lowest BCUT2D eigenvalue weighted by Gasteiger charge is -2.27. The third-order valence-electron chi connectivity index (χ3n) is 10.3. The van der Waals surface area contributed by atoms with Crippen LogP contribution in [0.15, 0.2) is 108 Å². The van der Waals surface area contributed by atoms with E-state index >= 15 is 0 Å². The maximum Gasteiger partial charge on any atom is 0.243 e. The summed E-state index contributed by atoms with van der Waals surface area (Å²) >= 11 is 0. The van der Waals surface area contributed by atoms with Crippen LogP contribution < -0.4 is 44.2 Å².